The van der Waals surface area contributed by atoms with Crippen molar-refractivity contribution < 1.29 is 9.53 Å². The van der Waals surface area contributed by atoms with Crippen molar-refractivity contribution >= 4 is 38.5 Å². The second-order valence-electron chi connectivity index (χ2n) is 7.61. The van der Waals surface area contributed by atoms with Gasteiger partial charge in [0.15, 0.2) is 0 Å². The van der Waals surface area contributed by atoms with Crippen molar-refractivity contribution in [3.8, 4) is 5.75 Å². The Labute approximate surface area is 175 Å². The fraction of sp³-hybridized carbons (Fsp3) is 0.500. The van der Waals surface area contributed by atoms with Gasteiger partial charge in [0.25, 0.3) is 0 Å². The summed E-state index contributed by atoms with van der Waals surface area (Å²) in [5.74, 6) is 1.27. The van der Waals surface area contributed by atoms with E-state index in [1.807, 2.05) is 12.1 Å². The van der Waals surface area contributed by atoms with Crippen molar-refractivity contribution in [3.63, 3.8) is 0 Å². The van der Waals surface area contributed by atoms with E-state index in [4.69, 9.17) is 14.8 Å². The number of unbranched alkanes of at least 4 members (excludes halogenated alkanes) is 1. The third-order valence-corrected chi connectivity index (χ3v) is 5.71. The first-order chi connectivity index (χ1) is 13.5. The molecule has 2 heterocycles. The zero-order chi connectivity index (χ0) is 20.3. The first kappa shape index (κ1) is 20.8. The van der Waals surface area contributed by atoms with Crippen LogP contribution in [0.1, 0.15) is 57.2 Å². The van der Waals surface area contributed by atoms with E-state index in [1.165, 1.54) is 0 Å². The van der Waals surface area contributed by atoms with Crippen molar-refractivity contribution in [1.29, 1.82) is 0 Å². The Balaban J connectivity index is 2.08. The van der Waals surface area contributed by atoms with Gasteiger partial charge in [-0.25, -0.2) is 9.99 Å². The Morgan fingerprint density at radius 1 is 1.25 bits per heavy atom. The van der Waals surface area contributed by atoms with E-state index in [9.17, 15) is 4.79 Å². The number of hydrazone groups is 1. The predicted molar refractivity (Wildman–Crippen MR) is 117 cm³/mol. The van der Waals surface area contributed by atoms with E-state index in [0.717, 1.165) is 51.8 Å². The van der Waals surface area contributed by atoms with Gasteiger partial charge in [0.2, 0.25) is 5.91 Å². The maximum atomic E-state index is 12.4. The number of amides is 1. The van der Waals surface area contributed by atoms with Gasteiger partial charge in [-0.05, 0) is 37.0 Å². The number of carbonyl (C=O) groups excluding carboxylic acids is 1. The van der Waals surface area contributed by atoms with Gasteiger partial charge < -0.3 is 4.74 Å². The highest BCUT2D eigenvalue weighted by molar-refractivity contribution is 9.09. The standard InChI is InChI=1S/C22H28BrN3O2/c1-14(2)18-9-7-17-16(8-10-19(28-4)22(17)24-18)21-15(3)13-20(27)26(25-21)12-6-5-11-23/h7-10,14-15H,5-6,11-13H2,1-4H3. The summed E-state index contributed by atoms with van der Waals surface area (Å²) in [4.78, 5) is 17.3. The summed E-state index contributed by atoms with van der Waals surface area (Å²) < 4.78 is 5.56. The lowest BCUT2D eigenvalue weighted by atomic mass is 9.91. The number of ether oxygens (including phenoxy) is 1. The minimum Gasteiger partial charge on any atom is -0.494 e. The smallest absolute Gasteiger partial charge is 0.243 e. The molecule has 0 saturated heterocycles. The number of carbonyl (C=O) groups is 1. The topological polar surface area (TPSA) is 54.8 Å². The van der Waals surface area contributed by atoms with Crippen LogP contribution in [0.2, 0.25) is 0 Å². The van der Waals surface area contributed by atoms with Gasteiger partial charge in [-0.15, -0.1) is 0 Å². The van der Waals surface area contributed by atoms with Crippen LogP contribution >= 0.6 is 15.9 Å². The Morgan fingerprint density at radius 2 is 2.04 bits per heavy atom. The molecule has 150 valence electrons. The molecule has 3 rings (SSSR count). The van der Waals surface area contributed by atoms with Crippen LogP contribution in [0.4, 0.5) is 0 Å². The van der Waals surface area contributed by atoms with E-state index >= 15 is 0 Å². The molecule has 5 nitrogen and oxygen atoms in total. The summed E-state index contributed by atoms with van der Waals surface area (Å²) in [6.45, 7) is 6.99. The molecule has 6 heteroatoms. The third-order valence-electron chi connectivity index (χ3n) is 5.15. The quantitative estimate of drug-likeness (QED) is 0.439. The highest BCUT2D eigenvalue weighted by Crippen LogP contribution is 2.32. The van der Waals surface area contributed by atoms with Crippen LogP contribution in [0.15, 0.2) is 29.4 Å². The second kappa shape index (κ2) is 9.03. The molecule has 0 bridgehead atoms. The minimum absolute atomic E-state index is 0.0706. The van der Waals surface area contributed by atoms with Crippen LogP contribution < -0.4 is 4.74 Å². The number of hydrogen-bond donors (Lipinski definition) is 0. The third kappa shape index (κ3) is 4.22. The van der Waals surface area contributed by atoms with Gasteiger partial charge in [-0.3, -0.25) is 4.79 Å². The molecule has 0 aliphatic carbocycles. The van der Waals surface area contributed by atoms with Gasteiger partial charge in [-0.1, -0.05) is 42.8 Å². The number of rotatable bonds is 7. The molecule has 1 atom stereocenters. The number of hydrogen-bond acceptors (Lipinski definition) is 4. The molecule has 1 aliphatic rings. The van der Waals surface area contributed by atoms with Gasteiger partial charge in [0.1, 0.15) is 11.3 Å². The lowest BCUT2D eigenvalue weighted by Crippen LogP contribution is -2.37. The molecule has 2 aromatic rings. The van der Waals surface area contributed by atoms with Crippen molar-refractivity contribution in [3.05, 3.63) is 35.5 Å². The molecule has 1 amide bonds. The fourth-order valence-corrected chi connectivity index (χ4v) is 3.91. The fourth-order valence-electron chi connectivity index (χ4n) is 3.52. The summed E-state index contributed by atoms with van der Waals surface area (Å²) in [5.41, 5.74) is 3.87. The summed E-state index contributed by atoms with van der Waals surface area (Å²) >= 11 is 3.45. The molecule has 1 unspecified atom stereocenters. The second-order valence-corrected chi connectivity index (χ2v) is 8.40. The maximum absolute atomic E-state index is 12.4. The zero-order valence-electron chi connectivity index (χ0n) is 17.0. The van der Waals surface area contributed by atoms with Gasteiger partial charge in [0.05, 0.1) is 12.8 Å². The lowest BCUT2D eigenvalue weighted by molar-refractivity contribution is -0.132. The number of benzene rings is 1. The molecule has 0 saturated carbocycles. The van der Waals surface area contributed by atoms with Gasteiger partial charge in [-0.2, -0.15) is 5.10 Å². The highest BCUT2D eigenvalue weighted by Gasteiger charge is 2.28. The monoisotopic (exact) mass is 445 g/mol. The number of alkyl halides is 1. The van der Waals surface area contributed by atoms with Gasteiger partial charge in [0, 0.05) is 40.9 Å². The van der Waals surface area contributed by atoms with Crippen LogP contribution in [0.5, 0.6) is 5.75 Å². The largest absolute Gasteiger partial charge is 0.494 e. The van der Waals surface area contributed by atoms with E-state index in [0.29, 0.717) is 18.9 Å². The average molecular weight is 446 g/mol. The van der Waals surface area contributed by atoms with E-state index in [2.05, 4.69) is 48.8 Å². The van der Waals surface area contributed by atoms with Crippen LogP contribution in [0, 0.1) is 5.92 Å². The normalized spacial score (nSPS) is 17.4. The van der Waals surface area contributed by atoms with Crippen molar-refractivity contribution in [2.75, 3.05) is 19.0 Å². The van der Waals surface area contributed by atoms with Crippen LogP contribution in [-0.4, -0.2) is 40.6 Å². The molecule has 0 radical (unpaired) electrons. The SMILES string of the molecule is COc1ccc(C2=NN(CCCCBr)C(=O)CC2C)c2ccc(C(C)C)nc12. The maximum Gasteiger partial charge on any atom is 0.243 e. The van der Waals surface area contributed by atoms with Gasteiger partial charge >= 0.3 is 0 Å². The molecular formula is C22H28BrN3O2. The van der Waals surface area contributed by atoms with Crippen LogP contribution in [-0.2, 0) is 4.79 Å². The number of pyridine rings is 1. The first-order valence-electron chi connectivity index (χ1n) is 9.89. The number of methoxy groups -OCH3 is 1. The van der Waals surface area contributed by atoms with Crippen LogP contribution in [0.3, 0.4) is 0 Å². The summed E-state index contributed by atoms with van der Waals surface area (Å²) in [5, 5.41) is 8.37. The molecule has 1 aromatic carbocycles. The van der Waals surface area contributed by atoms with Crippen molar-refractivity contribution in [2.24, 2.45) is 11.0 Å². The lowest BCUT2D eigenvalue weighted by Gasteiger charge is -2.28. The number of fused-ring (bicyclic) bond motifs is 1. The Morgan fingerprint density at radius 3 is 2.71 bits per heavy atom. The Kier molecular flexibility index (Phi) is 6.70. The predicted octanol–water partition coefficient (Wildman–Crippen LogP) is 5.11. The van der Waals surface area contributed by atoms with E-state index < -0.39 is 0 Å². The zero-order valence-corrected chi connectivity index (χ0v) is 18.6. The molecule has 28 heavy (non-hydrogen) atoms. The van der Waals surface area contributed by atoms with Crippen molar-refractivity contribution in [2.45, 2.75) is 46.0 Å². The number of aromatic nitrogens is 1. The molecule has 0 N–H and O–H groups in total. The molecular weight excluding hydrogens is 418 g/mol. The summed E-state index contributed by atoms with van der Waals surface area (Å²) in [6.07, 6.45) is 2.44. The molecule has 1 aliphatic heterocycles. The molecule has 0 spiro atoms. The van der Waals surface area contributed by atoms with Crippen molar-refractivity contribution in [1.82, 2.24) is 9.99 Å². The Hall–Kier alpha value is -1.95. The van der Waals surface area contributed by atoms with Crippen LogP contribution in [0.25, 0.3) is 10.9 Å². The molecule has 0 fully saturated rings. The number of nitrogens with zero attached hydrogens (tertiary/aromatic N) is 3. The summed E-state index contributed by atoms with van der Waals surface area (Å²) in [6, 6.07) is 8.18. The molecule has 1 aromatic heterocycles. The van der Waals surface area contributed by atoms with E-state index in [1.54, 1.807) is 12.1 Å². The Bertz CT molecular complexity index is 895. The minimum atomic E-state index is 0.0706. The average Bonchev–Trinajstić information content (AvgIpc) is 2.68. The highest BCUT2D eigenvalue weighted by atomic mass is 79.9. The number of halogens is 1. The first-order valence-corrected chi connectivity index (χ1v) is 11.0. The van der Waals surface area contributed by atoms with E-state index in [-0.39, 0.29) is 11.8 Å². The summed E-state index contributed by atoms with van der Waals surface area (Å²) in [7, 11) is 1.67.